The molecule has 0 bridgehead atoms. The lowest BCUT2D eigenvalue weighted by molar-refractivity contribution is -0.116. The smallest absolute Gasteiger partial charge is 0.261 e. The van der Waals surface area contributed by atoms with E-state index >= 15 is 0 Å². The van der Waals surface area contributed by atoms with Crippen molar-refractivity contribution in [1.29, 1.82) is 0 Å². The molecule has 10 heteroatoms. The van der Waals surface area contributed by atoms with Crippen LogP contribution in [-0.4, -0.2) is 35.4 Å². The number of rotatable bonds is 7. The van der Waals surface area contributed by atoms with Gasteiger partial charge in [-0.1, -0.05) is 12.1 Å². The average molecular weight is 481 g/mol. The maximum absolute atomic E-state index is 12.6. The van der Waals surface area contributed by atoms with E-state index in [4.69, 9.17) is 0 Å². The minimum absolute atomic E-state index is 0.150. The standard InChI is InChI=1S/C26H24N8O2/c1-17-15-18(2)34(32-17)24-12-11-23(30-31-24)28-19-7-9-20(10-8-19)29-25(35)13-14-33-16-27-22-6-4-3-5-21(22)26(33)36/h3-12,15-16H,13-14H2,1-2H3,(H,28,30)(H,29,35). The summed E-state index contributed by atoms with van der Waals surface area (Å²) < 4.78 is 3.20. The fraction of sp³-hybridized carbons (Fsp3) is 0.154. The molecule has 180 valence electrons. The number of carbonyl (C=O) groups is 1. The Morgan fingerprint density at radius 1 is 0.944 bits per heavy atom. The minimum Gasteiger partial charge on any atom is -0.339 e. The zero-order valence-corrected chi connectivity index (χ0v) is 19.8. The van der Waals surface area contributed by atoms with E-state index in [9.17, 15) is 9.59 Å². The number of benzene rings is 2. The normalized spacial score (nSPS) is 10.9. The zero-order chi connectivity index (χ0) is 25.1. The summed E-state index contributed by atoms with van der Waals surface area (Å²) in [7, 11) is 0. The van der Waals surface area contributed by atoms with E-state index in [1.54, 1.807) is 35.0 Å². The number of aromatic nitrogens is 6. The van der Waals surface area contributed by atoms with Crippen molar-refractivity contribution in [2.45, 2.75) is 26.8 Å². The second kappa shape index (κ2) is 9.79. The lowest BCUT2D eigenvalue weighted by atomic mass is 10.2. The van der Waals surface area contributed by atoms with Crippen molar-refractivity contribution >= 4 is 34.0 Å². The summed E-state index contributed by atoms with van der Waals surface area (Å²) in [5.74, 6) is 1.04. The van der Waals surface area contributed by atoms with Gasteiger partial charge in [0, 0.05) is 30.0 Å². The number of para-hydroxylation sites is 1. The summed E-state index contributed by atoms with van der Waals surface area (Å²) in [6.07, 6.45) is 1.63. The third kappa shape index (κ3) is 4.97. The lowest BCUT2D eigenvalue weighted by Crippen LogP contribution is -2.23. The maximum atomic E-state index is 12.6. The van der Waals surface area contributed by atoms with Crippen LogP contribution in [0.5, 0.6) is 0 Å². The molecular weight excluding hydrogens is 456 g/mol. The molecule has 5 aromatic rings. The summed E-state index contributed by atoms with van der Waals surface area (Å²) in [4.78, 5) is 29.3. The van der Waals surface area contributed by atoms with E-state index in [-0.39, 0.29) is 24.4 Å². The van der Waals surface area contributed by atoms with Crippen LogP contribution in [0.3, 0.4) is 0 Å². The lowest BCUT2D eigenvalue weighted by Gasteiger charge is -2.09. The van der Waals surface area contributed by atoms with Gasteiger partial charge in [0.25, 0.3) is 5.56 Å². The Bertz CT molecular complexity index is 1590. The fourth-order valence-corrected chi connectivity index (χ4v) is 3.86. The van der Waals surface area contributed by atoms with Crippen LogP contribution in [-0.2, 0) is 11.3 Å². The number of fused-ring (bicyclic) bond motifs is 1. The average Bonchev–Trinajstić information content (AvgIpc) is 3.23. The number of amides is 1. The number of aryl methyl sites for hydroxylation is 3. The van der Waals surface area contributed by atoms with Gasteiger partial charge in [-0.3, -0.25) is 14.2 Å². The van der Waals surface area contributed by atoms with Crippen LogP contribution in [0.25, 0.3) is 16.7 Å². The van der Waals surface area contributed by atoms with Gasteiger partial charge in [-0.25, -0.2) is 9.67 Å². The van der Waals surface area contributed by atoms with E-state index in [0.717, 1.165) is 17.1 Å². The summed E-state index contributed by atoms with van der Waals surface area (Å²) in [6, 6.07) is 20.1. The molecule has 0 spiro atoms. The highest BCUT2D eigenvalue weighted by molar-refractivity contribution is 5.90. The Labute approximate surface area is 206 Å². The summed E-state index contributed by atoms with van der Waals surface area (Å²) in [6.45, 7) is 4.14. The van der Waals surface area contributed by atoms with Gasteiger partial charge in [0.1, 0.15) is 0 Å². The molecule has 0 saturated carbocycles. The second-order valence-electron chi connectivity index (χ2n) is 8.38. The van der Waals surface area contributed by atoms with Gasteiger partial charge >= 0.3 is 0 Å². The first-order valence-electron chi connectivity index (χ1n) is 11.4. The first-order valence-corrected chi connectivity index (χ1v) is 11.4. The molecule has 36 heavy (non-hydrogen) atoms. The van der Waals surface area contributed by atoms with Crippen LogP contribution in [0.4, 0.5) is 17.2 Å². The van der Waals surface area contributed by atoms with Crippen molar-refractivity contribution in [2.75, 3.05) is 10.6 Å². The van der Waals surface area contributed by atoms with E-state index in [1.807, 2.05) is 50.2 Å². The van der Waals surface area contributed by atoms with Crippen LogP contribution in [0.2, 0.25) is 0 Å². The van der Waals surface area contributed by atoms with Crippen LogP contribution < -0.4 is 16.2 Å². The Kier molecular flexibility index (Phi) is 6.23. The predicted octanol–water partition coefficient (Wildman–Crippen LogP) is 3.76. The zero-order valence-electron chi connectivity index (χ0n) is 19.8. The van der Waals surface area contributed by atoms with Crippen LogP contribution in [0.1, 0.15) is 17.8 Å². The third-order valence-electron chi connectivity index (χ3n) is 5.63. The molecule has 0 atom stereocenters. The van der Waals surface area contributed by atoms with Crippen molar-refractivity contribution in [3.05, 3.63) is 94.8 Å². The number of hydrogen-bond acceptors (Lipinski definition) is 7. The molecule has 2 aromatic carbocycles. The van der Waals surface area contributed by atoms with Crippen molar-refractivity contribution in [1.82, 2.24) is 29.5 Å². The van der Waals surface area contributed by atoms with Gasteiger partial charge in [0.05, 0.1) is 22.9 Å². The van der Waals surface area contributed by atoms with Gasteiger partial charge < -0.3 is 10.6 Å². The minimum atomic E-state index is -0.193. The number of carbonyl (C=O) groups excluding carboxylic acids is 1. The van der Waals surface area contributed by atoms with Crippen molar-refractivity contribution in [3.63, 3.8) is 0 Å². The molecule has 0 aliphatic rings. The van der Waals surface area contributed by atoms with E-state index in [0.29, 0.717) is 28.2 Å². The molecule has 0 radical (unpaired) electrons. The molecule has 10 nitrogen and oxygen atoms in total. The van der Waals surface area contributed by atoms with E-state index in [2.05, 4.69) is 30.9 Å². The molecule has 0 unspecified atom stereocenters. The fourth-order valence-electron chi connectivity index (χ4n) is 3.86. The molecule has 2 N–H and O–H groups in total. The molecule has 0 saturated heterocycles. The number of hydrogen-bond donors (Lipinski definition) is 2. The van der Waals surface area contributed by atoms with Gasteiger partial charge in [-0.2, -0.15) is 5.10 Å². The molecule has 0 aliphatic carbocycles. The van der Waals surface area contributed by atoms with E-state index in [1.165, 1.54) is 10.9 Å². The van der Waals surface area contributed by atoms with Gasteiger partial charge in [0.15, 0.2) is 11.6 Å². The van der Waals surface area contributed by atoms with Crippen molar-refractivity contribution in [2.24, 2.45) is 0 Å². The SMILES string of the molecule is Cc1cc(C)n(-c2ccc(Nc3ccc(NC(=O)CCn4cnc5ccccc5c4=O)cc3)nn2)n1. The predicted molar refractivity (Wildman–Crippen MR) is 138 cm³/mol. The molecule has 3 aromatic heterocycles. The molecule has 1 amide bonds. The van der Waals surface area contributed by atoms with Crippen LogP contribution >= 0.6 is 0 Å². The monoisotopic (exact) mass is 480 g/mol. The second-order valence-corrected chi connectivity index (χ2v) is 8.38. The molecule has 0 aliphatic heterocycles. The van der Waals surface area contributed by atoms with Gasteiger partial charge in [-0.15, -0.1) is 10.2 Å². The highest BCUT2D eigenvalue weighted by Crippen LogP contribution is 2.18. The molecular formula is C26H24N8O2. The number of nitrogens with zero attached hydrogens (tertiary/aromatic N) is 6. The topological polar surface area (TPSA) is 120 Å². The highest BCUT2D eigenvalue weighted by Gasteiger charge is 2.08. The summed E-state index contributed by atoms with van der Waals surface area (Å²) in [5, 5.41) is 19.5. The van der Waals surface area contributed by atoms with Gasteiger partial charge in [0.2, 0.25) is 5.91 Å². The quantitative estimate of drug-likeness (QED) is 0.364. The summed E-state index contributed by atoms with van der Waals surface area (Å²) in [5.41, 5.74) is 3.84. The molecule has 3 heterocycles. The summed E-state index contributed by atoms with van der Waals surface area (Å²) >= 11 is 0. The highest BCUT2D eigenvalue weighted by atomic mass is 16.2. The Morgan fingerprint density at radius 2 is 1.72 bits per heavy atom. The molecule has 0 fully saturated rings. The third-order valence-corrected chi connectivity index (χ3v) is 5.63. The van der Waals surface area contributed by atoms with E-state index < -0.39 is 0 Å². The van der Waals surface area contributed by atoms with Crippen LogP contribution in [0, 0.1) is 13.8 Å². The number of nitrogens with one attached hydrogen (secondary N) is 2. The largest absolute Gasteiger partial charge is 0.339 e. The first kappa shape index (κ1) is 22.9. The van der Waals surface area contributed by atoms with Gasteiger partial charge in [-0.05, 0) is 68.4 Å². The Balaban J connectivity index is 1.17. The van der Waals surface area contributed by atoms with Crippen molar-refractivity contribution in [3.8, 4) is 5.82 Å². The molecule has 5 rings (SSSR count). The maximum Gasteiger partial charge on any atom is 0.261 e. The Hall–Kier alpha value is -4.86. The van der Waals surface area contributed by atoms with Crippen LogP contribution in [0.15, 0.2) is 77.9 Å². The first-order chi connectivity index (χ1) is 17.5. The van der Waals surface area contributed by atoms with Crippen molar-refractivity contribution < 1.29 is 4.79 Å². The number of anilines is 3. The Morgan fingerprint density at radius 3 is 2.44 bits per heavy atom.